The Kier molecular flexibility index (Phi) is 3.43. The Morgan fingerprint density at radius 2 is 2.32 bits per heavy atom. The van der Waals surface area contributed by atoms with Gasteiger partial charge in [0, 0.05) is 11.2 Å². The van der Waals surface area contributed by atoms with E-state index in [-0.39, 0.29) is 6.42 Å². The molecule has 0 aliphatic heterocycles. The predicted molar refractivity (Wildman–Crippen MR) is 70.9 cm³/mol. The van der Waals surface area contributed by atoms with Gasteiger partial charge in [0.1, 0.15) is 11.9 Å². The van der Waals surface area contributed by atoms with E-state index in [1.165, 1.54) is 0 Å². The highest BCUT2D eigenvalue weighted by Gasteiger charge is 2.24. The van der Waals surface area contributed by atoms with Crippen LogP contribution in [0.3, 0.4) is 0 Å². The molecular formula is C14H17N3O2. The van der Waals surface area contributed by atoms with Crippen LogP contribution in [-0.4, -0.2) is 21.6 Å². The van der Waals surface area contributed by atoms with Crippen LogP contribution in [-0.2, 0) is 17.6 Å². The Hall–Kier alpha value is -2.09. The number of anilines is 1. The molecule has 1 heterocycles. The maximum absolute atomic E-state index is 10.8. The van der Waals surface area contributed by atoms with Crippen molar-refractivity contribution in [2.45, 2.75) is 45.1 Å². The van der Waals surface area contributed by atoms with Crippen LogP contribution >= 0.6 is 0 Å². The van der Waals surface area contributed by atoms with Crippen molar-refractivity contribution in [2.24, 2.45) is 0 Å². The number of nitriles is 1. The number of aliphatic carboxylic acids is 1. The second-order valence-corrected chi connectivity index (χ2v) is 5.54. The lowest BCUT2D eigenvalue weighted by Crippen LogP contribution is -2.34. The van der Waals surface area contributed by atoms with Crippen molar-refractivity contribution in [2.75, 3.05) is 5.32 Å². The maximum Gasteiger partial charge on any atom is 0.305 e. The SMILES string of the molecule is CC(C)(CC(=O)O)Nc1nc2c(cc1C#N)CCC2. The number of aryl methyl sites for hydroxylation is 2. The smallest absolute Gasteiger partial charge is 0.305 e. The third-order valence-electron chi connectivity index (χ3n) is 3.22. The van der Waals surface area contributed by atoms with E-state index in [1.54, 1.807) is 13.8 Å². The van der Waals surface area contributed by atoms with Gasteiger partial charge in [0.05, 0.1) is 12.0 Å². The van der Waals surface area contributed by atoms with Crippen molar-refractivity contribution in [3.63, 3.8) is 0 Å². The third kappa shape index (κ3) is 3.02. The molecule has 0 amide bonds. The summed E-state index contributed by atoms with van der Waals surface area (Å²) in [5.41, 5.74) is 2.00. The van der Waals surface area contributed by atoms with Crippen LogP contribution in [0.4, 0.5) is 5.82 Å². The topological polar surface area (TPSA) is 86.0 Å². The summed E-state index contributed by atoms with van der Waals surface area (Å²) in [5.74, 6) is -0.383. The number of rotatable bonds is 4. The molecule has 0 aromatic carbocycles. The molecule has 19 heavy (non-hydrogen) atoms. The highest BCUT2D eigenvalue weighted by atomic mass is 16.4. The number of carboxylic acids is 1. The van der Waals surface area contributed by atoms with Gasteiger partial charge in [-0.15, -0.1) is 0 Å². The largest absolute Gasteiger partial charge is 0.481 e. The lowest BCUT2D eigenvalue weighted by atomic mass is 10.0. The van der Waals surface area contributed by atoms with Crippen LogP contribution in [0.15, 0.2) is 6.07 Å². The second-order valence-electron chi connectivity index (χ2n) is 5.54. The normalized spacial score (nSPS) is 13.7. The number of fused-ring (bicyclic) bond motifs is 1. The van der Waals surface area contributed by atoms with Crippen molar-refractivity contribution in [3.05, 3.63) is 22.9 Å². The van der Waals surface area contributed by atoms with Crippen LogP contribution < -0.4 is 5.32 Å². The Labute approximate surface area is 112 Å². The van der Waals surface area contributed by atoms with Crippen LogP contribution in [0, 0.1) is 11.3 Å². The van der Waals surface area contributed by atoms with Gasteiger partial charge < -0.3 is 10.4 Å². The standard InChI is InChI=1S/C14H17N3O2/c1-14(2,7-12(18)19)17-13-10(8-15)6-9-4-3-5-11(9)16-13/h6H,3-5,7H2,1-2H3,(H,16,17)(H,18,19). The van der Waals surface area contributed by atoms with Gasteiger partial charge in [0.2, 0.25) is 0 Å². The molecule has 5 nitrogen and oxygen atoms in total. The van der Waals surface area contributed by atoms with Crippen LogP contribution in [0.25, 0.3) is 0 Å². The van der Waals surface area contributed by atoms with Crippen molar-refractivity contribution in [1.82, 2.24) is 4.98 Å². The molecule has 100 valence electrons. The van der Waals surface area contributed by atoms with Crippen LogP contribution in [0.1, 0.15) is 43.5 Å². The summed E-state index contributed by atoms with van der Waals surface area (Å²) >= 11 is 0. The summed E-state index contributed by atoms with van der Waals surface area (Å²) in [5, 5.41) is 21.1. The quantitative estimate of drug-likeness (QED) is 0.864. The molecule has 2 rings (SSSR count). The van der Waals surface area contributed by atoms with E-state index in [1.807, 2.05) is 6.07 Å². The number of nitrogens with one attached hydrogen (secondary N) is 1. The van der Waals surface area contributed by atoms with Crippen molar-refractivity contribution < 1.29 is 9.90 Å². The van der Waals surface area contributed by atoms with E-state index >= 15 is 0 Å². The molecule has 0 saturated carbocycles. The molecule has 0 bridgehead atoms. The summed E-state index contributed by atoms with van der Waals surface area (Å²) in [4.78, 5) is 15.3. The van der Waals surface area contributed by atoms with Gasteiger partial charge in [-0.2, -0.15) is 5.26 Å². The van der Waals surface area contributed by atoms with Crippen molar-refractivity contribution in [1.29, 1.82) is 5.26 Å². The van der Waals surface area contributed by atoms with E-state index < -0.39 is 11.5 Å². The van der Waals surface area contributed by atoms with E-state index in [0.717, 1.165) is 30.5 Å². The van der Waals surface area contributed by atoms with Crippen LogP contribution in [0.5, 0.6) is 0 Å². The molecule has 0 fully saturated rings. The molecule has 1 aromatic heterocycles. The molecule has 2 N–H and O–H groups in total. The minimum atomic E-state index is -0.878. The monoisotopic (exact) mass is 259 g/mol. The van der Waals surface area contributed by atoms with Gasteiger partial charge in [-0.25, -0.2) is 4.98 Å². The third-order valence-corrected chi connectivity index (χ3v) is 3.22. The van der Waals surface area contributed by atoms with E-state index in [0.29, 0.717) is 11.4 Å². The van der Waals surface area contributed by atoms with E-state index in [9.17, 15) is 10.1 Å². The summed E-state index contributed by atoms with van der Waals surface area (Å²) in [6.07, 6.45) is 2.93. The molecular weight excluding hydrogens is 242 g/mol. The Morgan fingerprint density at radius 1 is 1.58 bits per heavy atom. The average Bonchev–Trinajstić information content (AvgIpc) is 2.72. The molecule has 0 saturated heterocycles. The lowest BCUT2D eigenvalue weighted by molar-refractivity contribution is -0.137. The molecule has 0 spiro atoms. The average molecular weight is 259 g/mol. The first-order valence-corrected chi connectivity index (χ1v) is 6.34. The number of carbonyl (C=O) groups is 1. The molecule has 1 aromatic rings. The summed E-state index contributed by atoms with van der Waals surface area (Å²) in [6.45, 7) is 3.58. The Morgan fingerprint density at radius 3 is 2.95 bits per heavy atom. The maximum atomic E-state index is 10.8. The summed E-state index contributed by atoms with van der Waals surface area (Å²) in [7, 11) is 0. The predicted octanol–water partition coefficient (Wildman–Crippen LogP) is 2.11. The second kappa shape index (κ2) is 4.88. The van der Waals surface area contributed by atoms with Crippen LogP contribution in [0.2, 0.25) is 0 Å². The zero-order valence-electron chi connectivity index (χ0n) is 11.2. The molecule has 5 heteroatoms. The fourth-order valence-corrected chi connectivity index (χ4v) is 2.40. The number of carboxylic acid groups (broad SMARTS) is 1. The van der Waals surface area contributed by atoms with E-state index in [4.69, 9.17) is 5.11 Å². The number of aromatic nitrogens is 1. The molecule has 1 aliphatic carbocycles. The molecule has 1 aliphatic rings. The molecule has 0 atom stereocenters. The van der Waals surface area contributed by atoms with Gasteiger partial charge in [-0.3, -0.25) is 4.79 Å². The van der Waals surface area contributed by atoms with Gasteiger partial charge in [0.25, 0.3) is 0 Å². The van der Waals surface area contributed by atoms with E-state index in [2.05, 4.69) is 16.4 Å². The highest BCUT2D eigenvalue weighted by Crippen LogP contribution is 2.27. The summed E-state index contributed by atoms with van der Waals surface area (Å²) in [6, 6.07) is 4.00. The van der Waals surface area contributed by atoms with Crippen molar-refractivity contribution in [3.8, 4) is 6.07 Å². The Bertz CT molecular complexity index is 559. The minimum Gasteiger partial charge on any atom is -0.481 e. The minimum absolute atomic E-state index is 0.0311. The molecule has 0 radical (unpaired) electrons. The number of hydrogen-bond acceptors (Lipinski definition) is 4. The zero-order valence-corrected chi connectivity index (χ0v) is 11.2. The van der Waals surface area contributed by atoms with Gasteiger partial charge in [-0.05, 0) is 44.7 Å². The van der Waals surface area contributed by atoms with Gasteiger partial charge >= 0.3 is 5.97 Å². The van der Waals surface area contributed by atoms with Gasteiger partial charge in [0.15, 0.2) is 0 Å². The summed E-state index contributed by atoms with van der Waals surface area (Å²) < 4.78 is 0. The molecule has 0 unspecified atom stereocenters. The fourth-order valence-electron chi connectivity index (χ4n) is 2.40. The first kappa shape index (κ1) is 13.3. The zero-order chi connectivity index (χ0) is 14.0. The highest BCUT2D eigenvalue weighted by molar-refractivity contribution is 5.69. The first-order valence-electron chi connectivity index (χ1n) is 6.34. The number of pyridine rings is 1. The first-order chi connectivity index (χ1) is 8.91. The number of nitrogens with zero attached hydrogens (tertiary/aromatic N) is 2. The van der Waals surface area contributed by atoms with Gasteiger partial charge in [-0.1, -0.05) is 0 Å². The fraction of sp³-hybridized carbons (Fsp3) is 0.500. The number of hydrogen-bond donors (Lipinski definition) is 2. The Balaban J connectivity index is 2.30. The lowest BCUT2D eigenvalue weighted by Gasteiger charge is -2.25. The van der Waals surface area contributed by atoms with Crippen molar-refractivity contribution >= 4 is 11.8 Å².